The number of aromatic nitrogens is 4. The van der Waals surface area contributed by atoms with Gasteiger partial charge >= 0.3 is 0 Å². The van der Waals surface area contributed by atoms with E-state index in [1.165, 1.54) is 17.3 Å². The number of fused-ring (bicyclic) bond motifs is 1. The number of anilines is 1. The molecule has 2 aromatic heterocycles. The zero-order valence-corrected chi connectivity index (χ0v) is 14.4. The number of carbonyl (C=O) groups is 1. The monoisotopic (exact) mass is 329 g/mol. The molecule has 3 aromatic rings. The van der Waals surface area contributed by atoms with Crippen LogP contribution in [0.15, 0.2) is 23.4 Å². The molecule has 2 heterocycles. The van der Waals surface area contributed by atoms with Crippen LogP contribution in [0.2, 0.25) is 0 Å². The van der Waals surface area contributed by atoms with E-state index in [0.29, 0.717) is 5.75 Å². The molecule has 0 aliphatic carbocycles. The summed E-state index contributed by atoms with van der Waals surface area (Å²) in [6, 6.07) is 6.06. The number of benzene rings is 1. The van der Waals surface area contributed by atoms with E-state index in [1.54, 1.807) is 4.68 Å². The lowest BCUT2D eigenvalue weighted by Gasteiger charge is -2.04. The standard InChI is InChI=1S/C16H19N5OS/c1-9-5-6-12-13(7-9)18-16(17-12)23-8-14(22)19-15-10(2)20-21(4)11(15)3/h5-7H,8H2,1-4H3,(H,17,18)(H,19,22). The highest BCUT2D eigenvalue weighted by Gasteiger charge is 2.13. The van der Waals surface area contributed by atoms with E-state index < -0.39 is 0 Å². The summed E-state index contributed by atoms with van der Waals surface area (Å²) >= 11 is 1.39. The fourth-order valence-electron chi connectivity index (χ4n) is 2.43. The van der Waals surface area contributed by atoms with E-state index in [1.807, 2.05) is 40.0 Å². The van der Waals surface area contributed by atoms with E-state index >= 15 is 0 Å². The van der Waals surface area contributed by atoms with Gasteiger partial charge in [0, 0.05) is 7.05 Å². The average Bonchev–Trinajstić information content (AvgIpc) is 3.00. The van der Waals surface area contributed by atoms with Crippen LogP contribution in [0.5, 0.6) is 0 Å². The van der Waals surface area contributed by atoms with Gasteiger partial charge in [-0.2, -0.15) is 5.10 Å². The summed E-state index contributed by atoms with van der Waals surface area (Å²) in [5, 5.41) is 7.97. The van der Waals surface area contributed by atoms with Crippen LogP contribution < -0.4 is 5.32 Å². The molecule has 6 nitrogen and oxygen atoms in total. The number of carbonyl (C=O) groups excluding carboxylic acids is 1. The van der Waals surface area contributed by atoms with Crippen molar-refractivity contribution in [2.75, 3.05) is 11.1 Å². The molecule has 0 aliphatic heterocycles. The molecule has 1 aromatic carbocycles. The molecule has 0 radical (unpaired) electrons. The Morgan fingerprint density at radius 1 is 1.35 bits per heavy atom. The van der Waals surface area contributed by atoms with Crippen LogP contribution in [-0.4, -0.2) is 31.4 Å². The molecule has 0 aliphatic rings. The number of rotatable bonds is 4. The largest absolute Gasteiger partial charge is 0.333 e. The van der Waals surface area contributed by atoms with Crippen molar-refractivity contribution in [3.05, 3.63) is 35.2 Å². The molecular weight excluding hydrogens is 310 g/mol. The van der Waals surface area contributed by atoms with Crippen LogP contribution in [0.4, 0.5) is 5.69 Å². The van der Waals surface area contributed by atoms with Gasteiger partial charge in [0.1, 0.15) is 0 Å². The summed E-state index contributed by atoms with van der Waals surface area (Å²) in [6.45, 7) is 5.86. The molecule has 0 saturated carbocycles. The molecule has 7 heteroatoms. The number of hydrogen-bond donors (Lipinski definition) is 2. The highest BCUT2D eigenvalue weighted by molar-refractivity contribution is 7.99. The van der Waals surface area contributed by atoms with Gasteiger partial charge in [-0.15, -0.1) is 0 Å². The van der Waals surface area contributed by atoms with E-state index in [2.05, 4.69) is 26.4 Å². The van der Waals surface area contributed by atoms with Crippen molar-refractivity contribution in [3.63, 3.8) is 0 Å². The van der Waals surface area contributed by atoms with E-state index in [-0.39, 0.29) is 5.91 Å². The van der Waals surface area contributed by atoms with E-state index in [4.69, 9.17) is 0 Å². The topological polar surface area (TPSA) is 75.6 Å². The Labute approximate surface area is 138 Å². The number of aromatic amines is 1. The predicted molar refractivity (Wildman–Crippen MR) is 92.9 cm³/mol. The zero-order chi connectivity index (χ0) is 16.6. The molecule has 0 atom stereocenters. The molecular formula is C16H19N5OS. The third-order valence-electron chi connectivity index (χ3n) is 3.73. The van der Waals surface area contributed by atoms with Gasteiger partial charge < -0.3 is 10.3 Å². The first kappa shape index (κ1) is 15.6. The number of hydrogen-bond acceptors (Lipinski definition) is 4. The maximum atomic E-state index is 12.2. The molecule has 0 unspecified atom stereocenters. The molecule has 1 amide bonds. The molecule has 0 bridgehead atoms. The Bertz CT molecular complexity index is 880. The average molecular weight is 329 g/mol. The van der Waals surface area contributed by atoms with Crippen LogP contribution in [-0.2, 0) is 11.8 Å². The molecule has 23 heavy (non-hydrogen) atoms. The minimum Gasteiger partial charge on any atom is -0.333 e. The van der Waals surface area contributed by atoms with Crippen molar-refractivity contribution in [2.24, 2.45) is 7.05 Å². The lowest BCUT2D eigenvalue weighted by Crippen LogP contribution is -2.15. The summed E-state index contributed by atoms with van der Waals surface area (Å²) in [7, 11) is 1.86. The number of amides is 1. The second-order valence-corrected chi connectivity index (χ2v) is 6.53. The minimum absolute atomic E-state index is 0.0640. The molecule has 3 rings (SSSR count). The third-order valence-corrected chi connectivity index (χ3v) is 4.60. The molecule has 0 fully saturated rings. The maximum absolute atomic E-state index is 12.2. The number of aryl methyl sites for hydroxylation is 3. The van der Waals surface area contributed by atoms with Crippen LogP contribution in [0.3, 0.4) is 0 Å². The highest BCUT2D eigenvalue weighted by atomic mass is 32.2. The van der Waals surface area contributed by atoms with Crippen molar-refractivity contribution < 1.29 is 4.79 Å². The summed E-state index contributed by atoms with van der Waals surface area (Å²) in [5.41, 5.74) is 5.64. The van der Waals surface area contributed by atoms with Crippen LogP contribution in [0.25, 0.3) is 11.0 Å². The molecule has 2 N–H and O–H groups in total. The molecule has 120 valence electrons. The predicted octanol–water partition coefficient (Wildman–Crippen LogP) is 2.95. The van der Waals surface area contributed by atoms with Crippen LogP contribution >= 0.6 is 11.8 Å². The van der Waals surface area contributed by atoms with E-state index in [0.717, 1.165) is 33.3 Å². The first-order valence-electron chi connectivity index (χ1n) is 7.33. The maximum Gasteiger partial charge on any atom is 0.234 e. The normalized spacial score (nSPS) is 11.1. The Kier molecular flexibility index (Phi) is 4.12. The van der Waals surface area contributed by atoms with Gasteiger partial charge in [0.2, 0.25) is 5.91 Å². The third kappa shape index (κ3) is 3.24. The fraction of sp³-hybridized carbons (Fsp3) is 0.312. The van der Waals surface area contributed by atoms with Crippen molar-refractivity contribution >= 4 is 34.4 Å². The number of thioether (sulfide) groups is 1. The van der Waals surface area contributed by atoms with Crippen molar-refractivity contribution in [1.29, 1.82) is 0 Å². The minimum atomic E-state index is -0.0640. The van der Waals surface area contributed by atoms with E-state index in [9.17, 15) is 4.79 Å². The van der Waals surface area contributed by atoms with Crippen LogP contribution in [0, 0.1) is 20.8 Å². The zero-order valence-electron chi connectivity index (χ0n) is 13.6. The first-order valence-corrected chi connectivity index (χ1v) is 8.32. The van der Waals surface area contributed by atoms with Gasteiger partial charge in [0.25, 0.3) is 0 Å². The van der Waals surface area contributed by atoms with Crippen molar-refractivity contribution in [3.8, 4) is 0 Å². The van der Waals surface area contributed by atoms with Gasteiger partial charge in [0.15, 0.2) is 5.16 Å². The smallest absolute Gasteiger partial charge is 0.234 e. The summed E-state index contributed by atoms with van der Waals surface area (Å²) in [5.74, 6) is 0.234. The number of imidazole rings is 1. The van der Waals surface area contributed by atoms with Crippen LogP contribution in [0.1, 0.15) is 17.0 Å². The van der Waals surface area contributed by atoms with Gasteiger partial charge in [-0.1, -0.05) is 17.8 Å². The Balaban J connectivity index is 1.66. The Morgan fingerprint density at radius 2 is 2.13 bits per heavy atom. The number of H-pyrrole nitrogens is 1. The lowest BCUT2D eigenvalue weighted by atomic mass is 10.2. The second kappa shape index (κ2) is 6.08. The quantitative estimate of drug-likeness (QED) is 0.722. The lowest BCUT2D eigenvalue weighted by molar-refractivity contribution is -0.113. The molecule has 0 saturated heterocycles. The summed E-state index contributed by atoms with van der Waals surface area (Å²) in [4.78, 5) is 19.9. The van der Waals surface area contributed by atoms with Crippen molar-refractivity contribution in [2.45, 2.75) is 25.9 Å². The number of nitrogens with zero attached hydrogens (tertiary/aromatic N) is 3. The first-order chi connectivity index (χ1) is 10.9. The Hall–Kier alpha value is -2.28. The van der Waals surface area contributed by atoms with Gasteiger partial charge in [-0.05, 0) is 38.5 Å². The van der Waals surface area contributed by atoms with Gasteiger partial charge in [-0.25, -0.2) is 4.98 Å². The van der Waals surface area contributed by atoms with Gasteiger partial charge in [0.05, 0.1) is 33.9 Å². The van der Waals surface area contributed by atoms with Gasteiger partial charge in [-0.3, -0.25) is 9.48 Å². The fourth-order valence-corrected chi connectivity index (χ4v) is 3.12. The molecule has 0 spiro atoms. The number of nitrogens with one attached hydrogen (secondary N) is 2. The summed E-state index contributed by atoms with van der Waals surface area (Å²) < 4.78 is 1.76. The summed E-state index contributed by atoms with van der Waals surface area (Å²) in [6.07, 6.45) is 0. The second-order valence-electron chi connectivity index (χ2n) is 5.57. The Morgan fingerprint density at radius 3 is 2.83 bits per heavy atom. The highest BCUT2D eigenvalue weighted by Crippen LogP contribution is 2.22. The SMILES string of the molecule is Cc1ccc2nc(SCC(=O)Nc3c(C)nn(C)c3C)[nH]c2c1. The van der Waals surface area contributed by atoms with Crippen molar-refractivity contribution in [1.82, 2.24) is 19.7 Å².